The molecule has 0 unspecified atom stereocenters. The summed E-state index contributed by atoms with van der Waals surface area (Å²) in [4.78, 5) is 23.9. The van der Waals surface area contributed by atoms with Crippen molar-refractivity contribution in [1.82, 2.24) is 4.90 Å². The molecular formula is C14H14N2O4S. The number of carbonyl (C=O) groups is 1. The van der Waals surface area contributed by atoms with Crippen molar-refractivity contribution < 1.29 is 14.1 Å². The lowest BCUT2D eigenvalue weighted by atomic mass is 9.91. The van der Waals surface area contributed by atoms with Crippen LogP contribution in [0.15, 0.2) is 33.4 Å². The smallest absolute Gasteiger partial charge is 0.395 e. The average Bonchev–Trinajstić information content (AvgIpc) is 3.18. The van der Waals surface area contributed by atoms with Gasteiger partial charge < -0.3 is 9.32 Å². The predicted octanol–water partition coefficient (Wildman–Crippen LogP) is 3.27. The lowest BCUT2D eigenvalue weighted by Crippen LogP contribution is -2.37. The van der Waals surface area contributed by atoms with Crippen molar-refractivity contribution in [2.45, 2.75) is 18.8 Å². The number of hydrogen-bond donors (Lipinski definition) is 0. The molecule has 7 heteroatoms. The summed E-state index contributed by atoms with van der Waals surface area (Å²) in [6.45, 7) is 1.29. The Balaban J connectivity index is 1.63. The van der Waals surface area contributed by atoms with Crippen molar-refractivity contribution in [2.24, 2.45) is 0 Å². The zero-order valence-electron chi connectivity index (χ0n) is 11.2. The third-order valence-corrected chi connectivity index (χ3v) is 4.48. The van der Waals surface area contributed by atoms with Gasteiger partial charge in [0.15, 0.2) is 5.76 Å². The second-order valence-electron chi connectivity index (χ2n) is 5.02. The molecule has 1 fully saturated rings. The van der Waals surface area contributed by atoms with E-state index in [0.717, 1.165) is 12.8 Å². The molecule has 6 nitrogen and oxygen atoms in total. The summed E-state index contributed by atoms with van der Waals surface area (Å²) in [5.41, 5.74) is 1.33. The van der Waals surface area contributed by atoms with E-state index in [9.17, 15) is 14.9 Å². The first-order valence-corrected chi connectivity index (χ1v) is 7.65. The van der Waals surface area contributed by atoms with Crippen molar-refractivity contribution in [1.29, 1.82) is 0 Å². The maximum absolute atomic E-state index is 12.2. The third-order valence-electron chi connectivity index (χ3n) is 3.78. The van der Waals surface area contributed by atoms with Crippen LogP contribution < -0.4 is 0 Å². The van der Waals surface area contributed by atoms with Crippen LogP contribution in [0.5, 0.6) is 0 Å². The monoisotopic (exact) mass is 306 g/mol. The summed E-state index contributed by atoms with van der Waals surface area (Å²) < 4.78 is 4.97. The summed E-state index contributed by atoms with van der Waals surface area (Å²) in [5.74, 6) is -0.139. The molecule has 1 aliphatic heterocycles. The van der Waals surface area contributed by atoms with Crippen LogP contribution in [0.4, 0.5) is 5.88 Å². The van der Waals surface area contributed by atoms with Crippen LogP contribution in [-0.2, 0) is 0 Å². The molecule has 0 atom stereocenters. The van der Waals surface area contributed by atoms with Crippen LogP contribution in [-0.4, -0.2) is 28.8 Å². The van der Waals surface area contributed by atoms with Gasteiger partial charge in [0.05, 0.1) is 6.07 Å². The molecule has 0 aromatic carbocycles. The van der Waals surface area contributed by atoms with E-state index in [0.29, 0.717) is 19.0 Å². The number of furan rings is 1. The summed E-state index contributed by atoms with van der Waals surface area (Å²) in [7, 11) is 0. The fraction of sp³-hybridized carbons (Fsp3) is 0.357. The largest absolute Gasteiger partial charge is 0.433 e. The summed E-state index contributed by atoms with van der Waals surface area (Å²) in [6.07, 6.45) is 1.82. The number of piperidine rings is 1. The summed E-state index contributed by atoms with van der Waals surface area (Å²) in [5, 5.41) is 14.8. The highest BCUT2D eigenvalue weighted by Crippen LogP contribution is 2.30. The lowest BCUT2D eigenvalue weighted by molar-refractivity contribution is -0.402. The van der Waals surface area contributed by atoms with E-state index in [1.165, 1.54) is 17.7 Å². The maximum Gasteiger partial charge on any atom is 0.433 e. The molecule has 3 heterocycles. The minimum Gasteiger partial charge on any atom is -0.395 e. The number of thiophene rings is 1. The summed E-state index contributed by atoms with van der Waals surface area (Å²) >= 11 is 1.68. The molecule has 21 heavy (non-hydrogen) atoms. The fourth-order valence-corrected chi connectivity index (χ4v) is 3.36. The van der Waals surface area contributed by atoms with E-state index >= 15 is 0 Å². The zero-order valence-corrected chi connectivity index (χ0v) is 12.0. The number of carbonyl (C=O) groups excluding carboxylic acids is 1. The normalized spacial score (nSPS) is 16.1. The van der Waals surface area contributed by atoms with Gasteiger partial charge in [0.2, 0.25) is 0 Å². The first-order valence-electron chi connectivity index (χ1n) is 6.71. The molecule has 0 bridgehead atoms. The molecule has 0 saturated carbocycles. The van der Waals surface area contributed by atoms with E-state index in [2.05, 4.69) is 16.8 Å². The van der Waals surface area contributed by atoms with Gasteiger partial charge in [-0.15, -0.1) is 0 Å². The van der Waals surface area contributed by atoms with Gasteiger partial charge in [-0.2, -0.15) is 11.3 Å². The molecular weight excluding hydrogens is 292 g/mol. The molecule has 0 aliphatic carbocycles. The highest BCUT2D eigenvalue weighted by molar-refractivity contribution is 7.07. The van der Waals surface area contributed by atoms with Gasteiger partial charge in [-0.25, -0.2) is 0 Å². The maximum atomic E-state index is 12.2. The number of rotatable bonds is 3. The van der Waals surface area contributed by atoms with Crippen molar-refractivity contribution in [3.05, 3.63) is 50.4 Å². The molecule has 1 saturated heterocycles. The van der Waals surface area contributed by atoms with Crippen LogP contribution in [0.2, 0.25) is 0 Å². The van der Waals surface area contributed by atoms with Gasteiger partial charge in [0.1, 0.15) is 4.92 Å². The number of hydrogen-bond acceptors (Lipinski definition) is 5. The van der Waals surface area contributed by atoms with Gasteiger partial charge in [0.25, 0.3) is 5.91 Å². The van der Waals surface area contributed by atoms with Gasteiger partial charge in [-0.1, -0.05) is 0 Å². The van der Waals surface area contributed by atoms with Crippen molar-refractivity contribution in [2.75, 3.05) is 13.1 Å². The van der Waals surface area contributed by atoms with Crippen molar-refractivity contribution >= 4 is 23.1 Å². The molecule has 1 amide bonds. The van der Waals surface area contributed by atoms with Gasteiger partial charge >= 0.3 is 5.88 Å². The Morgan fingerprint density at radius 3 is 2.67 bits per heavy atom. The highest BCUT2D eigenvalue weighted by Gasteiger charge is 2.27. The minimum atomic E-state index is -0.639. The standard InChI is InChI=1S/C14H14N2O4S/c17-14(12-1-2-13(20-12)16(18)19)15-6-3-10(4-7-15)11-5-8-21-9-11/h1-2,5,8-10H,3-4,6-7H2. The number of amides is 1. The van der Waals surface area contributed by atoms with E-state index in [-0.39, 0.29) is 11.7 Å². The van der Waals surface area contributed by atoms with E-state index < -0.39 is 10.8 Å². The van der Waals surface area contributed by atoms with E-state index in [1.54, 1.807) is 16.2 Å². The Hall–Kier alpha value is -2.15. The van der Waals surface area contributed by atoms with Crippen molar-refractivity contribution in [3.63, 3.8) is 0 Å². The first-order chi connectivity index (χ1) is 10.1. The van der Waals surface area contributed by atoms with Crippen LogP contribution in [0, 0.1) is 10.1 Å². The molecule has 110 valence electrons. The van der Waals surface area contributed by atoms with Gasteiger partial charge in [-0.05, 0) is 47.2 Å². The Labute approximate surface area is 125 Å². The Morgan fingerprint density at radius 1 is 1.33 bits per heavy atom. The Kier molecular flexibility index (Phi) is 3.74. The molecule has 0 N–H and O–H groups in total. The molecule has 1 aliphatic rings. The van der Waals surface area contributed by atoms with Crippen LogP contribution in [0.3, 0.4) is 0 Å². The van der Waals surface area contributed by atoms with E-state index in [4.69, 9.17) is 4.42 Å². The minimum absolute atomic E-state index is 0.0377. The second-order valence-corrected chi connectivity index (χ2v) is 5.80. The zero-order chi connectivity index (χ0) is 14.8. The molecule has 3 rings (SSSR count). The first kappa shape index (κ1) is 13.8. The highest BCUT2D eigenvalue weighted by atomic mass is 32.1. The number of nitro groups is 1. The number of likely N-dealkylation sites (tertiary alicyclic amines) is 1. The van der Waals surface area contributed by atoms with Crippen LogP contribution >= 0.6 is 11.3 Å². The van der Waals surface area contributed by atoms with Gasteiger partial charge in [0, 0.05) is 13.1 Å². The molecule has 0 spiro atoms. The average molecular weight is 306 g/mol. The predicted molar refractivity (Wildman–Crippen MR) is 77.6 cm³/mol. The Morgan fingerprint density at radius 2 is 2.10 bits per heavy atom. The van der Waals surface area contributed by atoms with Crippen LogP contribution in [0.25, 0.3) is 0 Å². The van der Waals surface area contributed by atoms with Gasteiger partial charge in [-0.3, -0.25) is 14.9 Å². The molecule has 2 aromatic heterocycles. The topological polar surface area (TPSA) is 76.6 Å². The third kappa shape index (κ3) is 2.82. The quantitative estimate of drug-likeness (QED) is 0.644. The fourth-order valence-electron chi connectivity index (χ4n) is 2.62. The van der Waals surface area contributed by atoms with Crippen molar-refractivity contribution in [3.8, 4) is 0 Å². The Bertz CT molecular complexity index is 642. The lowest BCUT2D eigenvalue weighted by Gasteiger charge is -2.31. The summed E-state index contributed by atoms with van der Waals surface area (Å²) in [6, 6.07) is 4.71. The molecule has 0 radical (unpaired) electrons. The number of nitrogens with zero attached hydrogens (tertiary/aromatic N) is 2. The second kappa shape index (κ2) is 5.69. The van der Waals surface area contributed by atoms with Crippen LogP contribution in [0.1, 0.15) is 34.9 Å². The molecule has 2 aromatic rings. The SMILES string of the molecule is O=C(c1ccc([N+](=O)[O-])o1)N1CCC(c2ccsc2)CC1. The van der Waals surface area contributed by atoms with E-state index in [1.807, 2.05) is 0 Å².